The molecule has 0 spiro atoms. The van der Waals surface area contributed by atoms with Crippen LogP contribution >= 0.6 is 0 Å². The fourth-order valence-electron chi connectivity index (χ4n) is 3.02. The van der Waals surface area contributed by atoms with Crippen molar-refractivity contribution in [2.45, 2.75) is 25.2 Å². The molecule has 3 rings (SSSR count). The summed E-state index contributed by atoms with van der Waals surface area (Å²) in [6.07, 6.45) is 2.13. The maximum Gasteiger partial charge on any atom is 0.311 e. The summed E-state index contributed by atoms with van der Waals surface area (Å²) in [7, 11) is 0. The van der Waals surface area contributed by atoms with Crippen molar-refractivity contribution in [3.05, 3.63) is 102 Å². The SMILES string of the molecule is O=C(CCCC(c1ccccc1)c1ccccc1)Oc1ccccc1. The van der Waals surface area contributed by atoms with Crippen LogP contribution in [-0.4, -0.2) is 5.97 Å². The molecule has 2 nitrogen and oxygen atoms in total. The van der Waals surface area contributed by atoms with E-state index in [1.165, 1.54) is 11.1 Å². The highest BCUT2D eigenvalue weighted by Crippen LogP contribution is 2.29. The molecule has 0 unspecified atom stereocenters. The molecule has 126 valence electrons. The van der Waals surface area contributed by atoms with E-state index in [2.05, 4.69) is 48.5 Å². The largest absolute Gasteiger partial charge is 0.427 e. The van der Waals surface area contributed by atoms with Crippen LogP contribution in [0, 0.1) is 0 Å². The smallest absolute Gasteiger partial charge is 0.311 e. The van der Waals surface area contributed by atoms with Gasteiger partial charge in [-0.05, 0) is 36.1 Å². The molecule has 0 amide bonds. The molecule has 0 fully saturated rings. The number of hydrogen-bond acceptors (Lipinski definition) is 2. The van der Waals surface area contributed by atoms with E-state index in [0.29, 0.717) is 18.1 Å². The van der Waals surface area contributed by atoms with E-state index in [9.17, 15) is 4.79 Å². The van der Waals surface area contributed by atoms with Gasteiger partial charge < -0.3 is 4.74 Å². The van der Waals surface area contributed by atoms with Crippen molar-refractivity contribution in [3.8, 4) is 5.75 Å². The summed E-state index contributed by atoms with van der Waals surface area (Å²) >= 11 is 0. The summed E-state index contributed by atoms with van der Waals surface area (Å²) < 4.78 is 5.37. The summed E-state index contributed by atoms with van der Waals surface area (Å²) in [5.74, 6) is 0.730. The summed E-state index contributed by atoms with van der Waals surface area (Å²) in [5.41, 5.74) is 2.57. The predicted octanol–water partition coefficient (Wildman–Crippen LogP) is 5.59. The standard InChI is InChI=1S/C23H22O2/c24-23(25-21-15-8-3-9-16-21)18-10-17-22(19-11-4-1-5-12-19)20-13-6-2-7-14-20/h1-9,11-16,22H,10,17-18H2. The van der Waals surface area contributed by atoms with E-state index in [1.54, 1.807) is 12.1 Å². The Labute approximate surface area is 149 Å². The van der Waals surface area contributed by atoms with Crippen LogP contribution in [0.25, 0.3) is 0 Å². The molecule has 0 aliphatic carbocycles. The zero-order valence-corrected chi connectivity index (χ0v) is 14.2. The van der Waals surface area contributed by atoms with Crippen molar-refractivity contribution in [1.29, 1.82) is 0 Å². The van der Waals surface area contributed by atoms with Gasteiger partial charge in [-0.2, -0.15) is 0 Å². The molecule has 0 radical (unpaired) electrons. The Bertz CT molecular complexity index is 727. The second kappa shape index (κ2) is 8.84. The molecule has 0 bridgehead atoms. The monoisotopic (exact) mass is 330 g/mol. The van der Waals surface area contributed by atoms with E-state index in [4.69, 9.17) is 4.74 Å². The lowest BCUT2D eigenvalue weighted by atomic mass is 9.87. The first-order valence-corrected chi connectivity index (χ1v) is 8.68. The normalized spacial score (nSPS) is 10.6. The Morgan fingerprint density at radius 2 is 1.20 bits per heavy atom. The molecular weight excluding hydrogens is 308 g/mol. The van der Waals surface area contributed by atoms with E-state index in [0.717, 1.165) is 12.8 Å². The summed E-state index contributed by atoms with van der Waals surface area (Å²) in [5, 5.41) is 0. The van der Waals surface area contributed by atoms with Crippen LogP contribution < -0.4 is 4.74 Å². The van der Waals surface area contributed by atoms with Crippen LogP contribution in [0.4, 0.5) is 0 Å². The first-order chi connectivity index (χ1) is 12.3. The second-order valence-electron chi connectivity index (χ2n) is 6.05. The van der Waals surface area contributed by atoms with Crippen molar-refractivity contribution < 1.29 is 9.53 Å². The van der Waals surface area contributed by atoms with E-state index in [1.807, 2.05) is 30.3 Å². The van der Waals surface area contributed by atoms with Gasteiger partial charge in [-0.15, -0.1) is 0 Å². The van der Waals surface area contributed by atoms with Crippen LogP contribution in [0.3, 0.4) is 0 Å². The highest BCUT2D eigenvalue weighted by atomic mass is 16.5. The maximum atomic E-state index is 12.0. The number of rotatable bonds is 7. The van der Waals surface area contributed by atoms with Crippen molar-refractivity contribution in [3.63, 3.8) is 0 Å². The Morgan fingerprint density at radius 3 is 1.72 bits per heavy atom. The topological polar surface area (TPSA) is 26.3 Å². The number of benzene rings is 3. The zero-order valence-electron chi connectivity index (χ0n) is 14.2. The van der Waals surface area contributed by atoms with Crippen molar-refractivity contribution >= 4 is 5.97 Å². The first kappa shape index (κ1) is 17.0. The van der Waals surface area contributed by atoms with Gasteiger partial charge in [-0.3, -0.25) is 4.79 Å². The molecule has 0 saturated carbocycles. The molecule has 3 aromatic rings. The van der Waals surface area contributed by atoms with Gasteiger partial charge >= 0.3 is 5.97 Å². The van der Waals surface area contributed by atoms with Crippen LogP contribution in [0.2, 0.25) is 0 Å². The predicted molar refractivity (Wildman–Crippen MR) is 101 cm³/mol. The van der Waals surface area contributed by atoms with Crippen LogP contribution in [0.15, 0.2) is 91.0 Å². The number of ether oxygens (including phenoxy) is 1. The maximum absolute atomic E-state index is 12.0. The lowest BCUT2D eigenvalue weighted by Crippen LogP contribution is -2.09. The third kappa shape index (κ3) is 5.05. The van der Waals surface area contributed by atoms with Crippen LogP contribution in [-0.2, 0) is 4.79 Å². The molecule has 2 heteroatoms. The number of carbonyl (C=O) groups is 1. The minimum absolute atomic E-state index is 0.175. The van der Waals surface area contributed by atoms with Crippen molar-refractivity contribution in [1.82, 2.24) is 0 Å². The van der Waals surface area contributed by atoms with E-state index < -0.39 is 0 Å². The van der Waals surface area contributed by atoms with Crippen LogP contribution in [0.5, 0.6) is 5.75 Å². The molecule has 0 N–H and O–H groups in total. The highest BCUT2D eigenvalue weighted by molar-refractivity contribution is 5.72. The molecule has 0 heterocycles. The van der Waals surface area contributed by atoms with Gasteiger partial charge in [0.25, 0.3) is 0 Å². The highest BCUT2D eigenvalue weighted by Gasteiger charge is 2.15. The van der Waals surface area contributed by atoms with Crippen LogP contribution in [0.1, 0.15) is 36.3 Å². The van der Waals surface area contributed by atoms with Gasteiger partial charge in [0, 0.05) is 12.3 Å². The Hall–Kier alpha value is -2.87. The van der Waals surface area contributed by atoms with Crippen molar-refractivity contribution in [2.24, 2.45) is 0 Å². The van der Waals surface area contributed by atoms with Gasteiger partial charge in [0.05, 0.1) is 0 Å². The Kier molecular flexibility index (Phi) is 6.00. The first-order valence-electron chi connectivity index (χ1n) is 8.68. The number of para-hydroxylation sites is 1. The molecule has 0 aromatic heterocycles. The minimum atomic E-state index is -0.175. The summed E-state index contributed by atoms with van der Waals surface area (Å²) in [6, 6.07) is 30.2. The second-order valence-corrected chi connectivity index (χ2v) is 6.05. The number of esters is 1. The third-order valence-electron chi connectivity index (χ3n) is 4.25. The fourth-order valence-corrected chi connectivity index (χ4v) is 3.02. The molecule has 0 aliphatic heterocycles. The molecule has 0 atom stereocenters. The molecular formula is C23H22O2. The van der Waals surface area contributed by atoms with Gasteiger partial charge in [-0.25, -0.2) is 0 Å². The van der Waals surface area contributed by atoms with Gasteiger partial charge in [0.2, 0.25) is 0 Å². The summed E-state index contributed by atoms with van der Waals surface area (Å²) in [4.78, 5) is 12.0. The van der Waals surface area contributed by atoms with Gasteiger partial charge in [0.15, 0.2) is 0 Å². The molecule has 0 saturated heterocycles. The molecule has 0 aliphatic rings. The lowest BCUT2D eigenvalue weighted by molar-refractivity contribution is -0.134. The molecule has 25 heavy (non-hydrogen) atoms. The Morgan fingerprint density at radius 1 is 0.720 bits per heavy atom. The average molecular weight is 330 g/mol. The van der Waals surface area contributed by atoms with E-state index >= 15 is 0 Å². The molecule has 3 aromatic carbocycles. The quantitative estimate of drug-likeness (QED) is 0.417. The number of hydrogen-bond donors (Lipinski definition) is 0. The van der Waals surface area contributed by atoms with Gasteiger partial charge in [-0.1, -0.05) is 78.9 Å². The average Bonchev–Trinajstić information content (AvgIpc) is 2.67. The van der Waals surface area contributed by atoms with Gasteiger partial charge in [0.1, 0.15) is 5.75 Å². The lowest BCUT2D eigenvalue weighted by Gasteiger charge is -2.18. The van der Waals surface area contributed by atoms with Crippen molar-refractivity contribution in [2.75, 3.05) is 0 Å². The number of carbonyl (C=O) groups excluding carboxylic acids is 1. The van der Waals surface area contributed by atoms with E-state index in [-0.39, 0.29) is 5.97 Å². The minimum Gasteiger partial charge on any atom is -0.427 e. The fraction of sp³-hybridized carbons (Fsp3) is 0.174. The zero-order chi connectivity index (χ0) is 17.3. The Balaban J connectivity index is 1.61. The summed E-state index contributed by atoms with van der Waals surface area (Å²) in [6.45, 7) is 0. The third-order valence-corrected chi connectivity index (χ3v) is 4.25.